The van der Waals surface area contributed by atoms with Gasteiger partial charge in [0, 0.05) is 23.5 Å². The van der Waals surface area contributed by atoms with E-state index in [1.165, 1.54) is 0 Å². The first-order chi connectivity index (χ1) is 16.4. The van der Waals surface area contributed by atoms with Gasteiger partial charge in [-0.1, -0.05) is 26.0 Å². The minimum atomic E-state index is -0.543. The summed E-state index contributed by atoms with van der Waals surface area (Å²) in [6.45, 7) is 7.75. The molecule has 1 fully saturated rings. The van der Waals surface area contributed by atoms with Crippen molar-refractivity contribution in [2.75, 3.05) is 18.4 Å². The fourth-order valence-electron chi connectivity index (χ4n) is 3.98. The highest BCUT2D eigenvalue weighted by Gasteiger charge is 2.18. The summed E-state index contributed by atoms with van der Waals surface area (Å²) in [5, 5.41) is 23.2. The summed E-state index contributed by atoms with van der Waals surface area (Å²) < 4.78 is 2.01. The predicted molar refractivity (Wildman–Crippen MR) is 131 cm³/mol. The van der Waals surface area contributed by atoms with Crippen molar-refractivity contribution in [3.05, 3.63) is 54.0 Å². The van der Waals surface area contributed by atoms with Crippen LogP contribution in [0, 0.1) is 24.2 Å². The van der Waals surface area contributed by atoms with Crippen molar-refractivity contribution in [1.82, 2.24) is 30.4 Å². The van der Waals surface area contributed by atoms with Crippen LogP contribution in [0.1, 0.15) is 48.7 Å². The average molecular weight is 459 g/mol. The molecule has 3 N–H and O–H groups in total. The van der Waals surface area contributed by atoms with E-state index >= 15 is 0 Å². The molecule has 0 spiro atoms. The standard InChI is InChI=1S/C25H30N8O/c1-16(2)22(12-26)31-24(34)19-6-4-5-18(11-19)23-17(3)13-28-25(32-23)30-20-14-29-33(15-20)21-7-9-27-10-8-21/h4-6,11,13-16,21-22,27H,7-10H2,1-3H3,(H,31,34)(H,28,30,32). The Balaban J connectivity index is 1.52. The molecule has 0 bridgehead atoms. The van der Waals surface area contributed by atoms with E-state index in [1.807, 2.05) is 43.8 Å². The second-order valence-corrected chi connectivity index (χ2v) is 8.95. The number of piperidine rings is 1. The number of hydrogen-bond acceptors (Lipinski definition) is 7. The third kappa shape index (κ3) is 5.41. The molecule has 4 rings (SSSR count). The number of benzene rings is 1. The van der Waals surface area contributed by atoms with Gasteiger partial charge in [0.15, 0.2) is 0 Å². The smallest absolute Gasteiger partial charge is 0.252 e. The lowest BCUT2D eigenvalue weighted by atomic mass is 10.0. The molecule has 3 heterocycles. The van der Waals surface area contributed by atoms with Crippen molar-refractivity contribution in [1.29, 1.82) is 5.26 Å². The maximum atomic E-state index is 12.7. The van der Waals surface area contributed by atoms with E-state index in [0.29, 0.717) is 17.6 Å². The van der Waals surface area contributed by atoms with E-state index in [2.05, 4.69) is 32.1 Å². The zero-order valence-electron chi connectivity index (χ0n) is 19.7. The van der Waals surface area contributed by atoms with Gasteiger partial charge in [0.25, 0.3) is 5.91 Å². The molecular weight excluding hydrogens is 428 g/mol. The molecular formula is C25H30N8O. The van der Waals surface area contributed by atoms with Gasteiger partial charge >= 0.3 is 0 Å². The molecule has 9 nitrogen and oxygen atoms in total. The summed E-state index contributed by atoms with van der Waals surface area (Å²) in [5.41, 5.74) is 3.75. The van der Waals surface area contributed by atoms with Crippen LogP contribution >= 0.6 is 0 Å². The highest BCUT2D eigenvalue weighted by Crippen LogP contribution is 2.25. The summed E-state index contributed by atoms with van der Waals surface area (Å²) in [6.07, 6.45) is 7.66. The number of carbonyl (C=O) groups is 1. The normalized spacial score (nSPS) is 15.0. The zero-order chi connectivity index (χ0) is 24.1. The first kappa shape index (κ1) is 23.4. The Kier molecular flexibility index (Phi) is 7.18. The fourth-order valence-corrected chi connectivity index (χ4v) is 3.98. The molecule has 1 unspecified atom stereocenters. The number of amides is 1. The SMILES string of the molecule is Cc1cnc(Nc2cnn(C3CCNCC3)c2)nc1-c1cccc(C(=O)NC(C#N)C(C)C)c1. The van der Waals surface area contributed by atoms with E-state index in [1.54, 1.807) is 24.5 Å². The number of nitrogens with one attached hydrogen (secondary N) is 3. The van der Waals surface area contributed by atoms with Crippen LogP contribution in [0.4, 0.5) is 11.6 Å². The van der Waals surface area contributed by atoms with Crippen molar-refractivity contribution < 1.29 is 4.79 Å². The summed E-state index contributed by atoms with van der Waals surface area (Å²) in [4.78, 5) is 21.8. The molecule has 2 aromatic heterocycles. The monoisotopic (exact) mass is 458 g/mol. The topological polar surface area (TPSA) is 121 Å². The zero-order valence-corrected chi connectivity index (χ0v) is 19.7. The molecule has 0 saturated carbocycles. The number of rotatable bonds is 7. The largest absolute Gasteiger partial charge is 0.336 e. The number of anilines is 2. The Morgan fingerprint density at radius 3 is 2.79 bits per heavy atom. The van der Waals surface area contributed by atoms with Gasteiger partial charge in [-0.05, 0) is 56.5 Å². The number of aryl methyl sites for hydroxylation is 1. The Hall–Kier alpha value is -3.77. The molecule has 1 aliphatic rings. The van der Waals surface area contributed by atoms with Gasteiger partial charge in [-0.3, -0.25) is 9.48 Å². The lowest BCUT2D eigenvalue weighted by Gasteiger charge is -2.22. The van der Waals surface area contributed by atoms with Crippen molar-refractivity contribution in [3.63, 3.8) is 0 Å². The van der Waals surface area contributed by atoms with E-state index in [4.69, 9.17) is 4.98 Å². The van der Waals surface area contributed by atoms with Crippen LogP contribution in [0.5, 0.6) is 0 Å². The third-order valence-corrected chi connectivity index (χ3v) is 6.00. The van der Waals surface area contributed by atoms with Crippen LogP contribution < -0.4 is 16.0 Å². The van der Waals surface area contributed by atoms with Gasteiger partial charge in [0.1, 0.15) is 6.04 Å². The first-order valence-corrected chi connectivity index (χ1v) is 11.6. The Morgan fingerprint density at radius 1 is 1.26 bits per heavy atom. The van der Waals surface area contributed by atoms with E-state index < -0.39 is 6.04 Å². The van der Waals surface area contributed by atoms with Crippen LogP contribution in [0.3, 0.4) is 0 Å². The minimum absolute atomic E-state index is 0.0222. The maximum absolute atomic E-state index is 12.7. The van der Waals surface area contributed by atoms with E-state index in [-0.39, 0.29) is 11.8 Å². The summed E-state index contributed by atoms with van der Waals surface area (Å²) in [5.74, 6) is 0.205. The van der Waals surface area contributed by atoms with Crippen LogP contribution in [-0.2, 0) is 0 Å². The predicted octanol–water partition coefficient (Wildman–Crippen LogP) is 3.59. The Labute approximate surface area is 199 Å². The van der Waals surface area contributed by atoms with E-state index in [0.717, 1.165) is 48.4 Å². The van der Waals surface area contributed by atoms with Crippen LogP contribution in [0.25, 0.3) is 11.3 Å². The quantitative estimate of drug-likeness (QED) is 0.495. The number of aromatic nitrogens is 4. The molecule has 0 radical (unpaired) electrons. The highest BCUT2D eigenvalue weighted by atomic mass is 16.1. The first-order valence-electron chi connectivity index (χ1n) is 11.6. The Morgan fingerprint density at radius 2 is 2.06 bits per heavy atom. The Bertz CT molecular complexity index is 1190. The summed E-state index contributed by atoms with van der Waals surface area (Å²) in [6, 6.07) is 9.25. The van der Waals surface area contributed by atoms with Crippen LogP contribution in [0.2, 0.25) is 0 Å². The maximum Gasteiger partial charge on any atom is 0.252 e. The third-order valence-electron chi connectivity index (χ3n) is 6.00. The van der Waals surface area contributed by atoms with Crippen LogP contribution in [0.15, 0.2) is 42.9 Å². The second-order valence-electron chi connectivity index (χ2n) is 8.95. The molecule has 1 amide bonds. The summed E-state index contributed by atoms with van der Waals surface area (Å²) >= 11 is 0. The molecule has 176 valence electrons. The van der Waals surface area contributed by atoms with Crippen molar-refractivity contribution in [2.45, 2.75) is 45.7 Å². The summed E-state index contributed by atoms with van der Waals surface area (Å²) in [7, 11) is 0. The van der Waals surface area contributed by atoms with Gasteiger partial charge in [0.2, 0.25) is 5.95 Å². The number of hydrogen-bond donors (Lipinski definition) is 3. The van der Waals surface area contributed by atoms with Gasteiger partial charge in [-0.25, -0.2) is 9.97 Å². The molecule has 3 aromatic rings. The molecule has 1 atom stereocenters. The molecule has 0 aliphatic carbocycles. The van der Waals surface area contributed by atoms with Gasteiger partial charge in [-0.15, -0.1) is 0 Å². The number of nitrogens with zero attached hydrogens (tertiary/aromatic N) is 5. The fraction of sp³-hybridized carbons (Fsp3) is 0.400. The number of carbonyl (C=O) groups excluding carboxylic acids is 1. The molecule has 34 heavy (non-hydrogen) atoms. The minimum Gasteiger partial charge on any atom is -0.336 e. The van der Waals surface area contributed by atoms with Crippen LogP contribution in [-0.4, -0.2) is 44.8 Å². The molecule has 1 aromatic carbocycles. The lowest BCUT2D eigenvalue weighted by Crippen LogP contribution is -2.37. The second kappa shape index (κ2) is 10.4. The molecule has 1 aliphatic heterocycles. The van der Waals surface area contributed by atoms with Crippen molar-refractivity contribution in [3.8, 4) is 17.3 Å². The molecule has 9 heteroatoms. The van der Waals surface area contributed by atoms with Crippen molar-refractivity contribution in [2.24, 2.45) is 5.92 Å². The molecule has 1 saturated heterocycles. The van der Waals surface area contributed by atoms with Gasteiger partial charge in [0.05, 0.1) is 29.7 Å². The van der Waals surface area contributed by atoms with Gasteiger partial charge < -0.3 is 16.0 Å². The van der Waals surface area contributed by atoms with Gasteiger partial charge in [-0.2, -0.15) is 10.4 Å². The highest BCUT2D eigenvalue weighted by molar-refractivity contribution is 5.95. The lowest BCUT2D eigenvalue weighted by molar-refractivity contribution is 0.0937. The number of nitriles is 1. The average Bonchev–Trinajstić information content (AvgIpc) is 3.32. The van der Waals surface area contributed by atoms with E-state index in [9.17, 15) is 10.1 Å². The van der Waals surface area contributed by atoms with Crippen molar-refractivity contribution >= 4 is 17.5 Å².